The SMILES string of the molecule is CCO[SiH](CCCCCN(Cc1ccccc1)[Si](CC)(CC)CC)OCC. The van der Waals surface area contributed by atoms with Crippen LogP contribution in [-0.2, 0) is 15.4 Å². The topological polar surface area (TPSA) is 21.7 Å². The second-order valence-electron chi connectivity index (χ2n) is 7.38. The quantitative estimate of drug-likeness (QED) is 0.248. The van der Waals surface area contributed by atoms with Crippen molar-refractivity contribution in [2.75, 3.05) is 19.8 Å². The summed E-state index contributed by atoms with van der Waals surface area (Å²) in [6.45, 7) is 15.3. The van der Waals surface area contributed by atoms with Crippen molar-refractivity contribution in [2.45, 2.75) is 84.6 Å². The van der Waals surface area contributed by atoms with Crippen LogP contribution in [0, 0.1) is 0 Å². The monoisotopic (exact) mass is 409 g/mol. The molecule has 0 N–H and O–H groups in total. The summed E-state index contributed by atoms with van der Waals surface area (Å²) in [6.07, 6.45) is 3.83. The van der Waals surface area contributed by atoms with E-state index in [1.165, 1.54) is 49.5 Å². The highest BCUT2D eigenvalue weighted by Gasteiger charge is 2.34. The zero-order chi connectivity index (χ0) is 20.0. The molecule has 3 nitrogen and oxygen atoms in total. The van der Waals surface area contributed by atoms with E-state index in [2.05, 4.69) is 69.5 Å². The highest BCUT2D eigenvalue weighted by atomic mass is 28.3. The maximum absolute atomic E-state index is 5.81. The normalized spacial score (nSPS) is 12.3. The molecular formula is C22H43NO2Si2. The van der Waals surface area contributed by atoms with Crippen LogP contribution in [0.2, 0.25) is 24.2 Å². The molecule has 0 saturated heterocycles. The van der Waals surface area contributed by atoms with Gasteiger partial charge in [-0.15, -0.1) is 0 Å². The third kappa shape index (κ3) is 8.61. The minimum atomic E-state index is -1.41. The standard InChI is InChI=1S/C22H43NO2Si2/c1-6-24-26(25-7-2)20-16-12-15-19-23(27(8-3,9-4)10-5)21-22-17-13-11-14-18-22/h11,13-14,17-18,26H,6-10,12,15-16,19-21H2,1-5H3. The lowest BCUT2D eigenvalue weighted by Crippen LogP contribution is -2.52. The Morgan fingerprint density at radius 1 is 0.815 bits per heavy atom. The number of hydrogen-bond acceptors (Lipinski definition) is 3. The Balaban J connectivity index is 2.58. The molecule has 0 heterocycles. The van der Waals surface area contributed by atoms with Gasteiger partial charge in [0.05, 0.1) is 0 Å². The Bertz CT molecular complexity index is 454. The van der Waals surface area contributed by atoms with Crippen molar-refractivity contribution < 1.29 is 8.85 Å². The molecule has 1 aromatic rings. The predicted octanol–water partition coefficient (Wildman–Crippen LogP) is 5.96. The van der Waals surface area contributed by atoms with Gasteiger partial charge in [0.25, 0.3) is 0 Å². The largest absolute Gasteiger partial charge is 0.397 e. The Labute approximate surface area is 171 Å². The molecule has 0 unspecified atom stereocenters. The van der Waals surface area contributed by atoms with Crippen molar-refractivity contribution >= 4 is 17.5 Å². The molecule has 0 radical (unpaired) electrons. The van der Waals surface area contributed by atoms with E-state index in [9.17, 15) is 0 Å². The number of benzene rings is 1. The van der Waals surface area contributed by atoms with Crippen molar-refractivity contribution in [3.05, 3.63) is 35.9 Å². The average molecular weight is 410 g/mol. The van der Waals surface area contributed by atoms with Crippen molar-refractivity contribution in [1.82, 2.24) is 4.57 Å². The van der Waals surface area contributed by atoms with Crippen LogP contribution >= 0.6 is 0 Å². The van der Waals surface area contributed by atoms with Crippen molar-refractivity contribution in [3.63, 3.8) is 0 Å². The highest BCUT2D eigenvalue weighted by Crippen LogP contribution is 2.27. The maximum atomic E-state index is 5.81. The summed E-state index contributed by atoms with van der Waals surface area (Å²) in [5.74, 6) is 0. The lowest BCUT2D eigenvalue weighted by atomic mass is 10.2. The molecule has 0 aliphatic carbocycles. The summed E-state index contributed by atoms with van der Waals surface area (Å²) < 4.78 is 14.5. The van der Waals surface area contributed by atoms with Crippen LogP contribution in [0.4, 0.5) is 0 Å². The minimum absolute atomic E-state index is 0.791. The molecule has 0 spiro atoms. The van der Waals surface area contributed by atoms with E-state index in [1.54, 1.807) is 0 Å². The first-order valence-electron chi connectivity index (χ1n) is 11.2. The number of unbranched alkanes of at least 4 members (excludes halogenated alkanes) is 2. The van der Waals surface area contributed by atoms with E-state index in [0.29, 0.717) is 0 Å². The van der Waals surface area contributed by atoms with Crippen LogP contribution in [0.15, 0.2) is 30.3 Å². The van der Waals surface area contributed by atoms with Crippen LogP contribution in [0.3, 0.4) is 0 Å². The second-order valence-corrected chi connectivity index (χ2v) is 14.7. The van der Waals surface area contributed by atoms with E-state index in [4.69, 9.17) is 8.85 Å². The molecule has 1 rings (SSSR count). The number of hydrogen-bond donors (Lipinski definition) is 0. The third-order valence-electron chi connectivity index (χ3n) is 5.93. The van der Waals surface area contributed by atoms with E-state index in [1.807, 2.05) is 0 Å². The molecule has 27 heavy (non-hydrogen) atoms. The van der Waals surface area contributed by atoms with Gasteiger partial charge in [-0.25, -0.2) is 0 Å². The van der Waals surface area contributed by atoms with Crippen LogP contribution in [0.5, 0.6) is 0 Å². The van der Waals surface area contributed by atoms with Crippen LogP contribution < -0.4 is 0 Å². The number of nitrogens with zero attached hydrogens (tertiary/aromatic N) is 1. The number of rotatable bonds is 16. The molecule has 0 saturated carbocycles. The van der Waals surface area contributed by atoms with E-state index in [0.717, 1.165) is 25.8 Å². The molecule has 0 atom stereocenters. The van der Waals surface area contributed by atoms with E-state index < -0.39 is 17.5 Å². The minimum Gasteiger partial charge on any atom is -0.397 e. The van der Waals surface area contributed by atoms with Crippen molar-refractivity contribution in [1.29, 1.82) is 0 Å². The Morgan fingerprint density at radius 3 is 1.93 bits per heavy atom. The molecule has 0 bridgehead atoms. The molecule has 0 aliphatic rings. The fraction of sp³-hybridized carbons (Fsp3) is 0.727. The van der Waals surface area contributed by atoms with E-state index >= 15 is 0 Å². The summed E-state index contributed by atoms with van der Waals surface area (Å²) in [7, 11) is -2.76. The lowest BCUT2D eigenvalue weighted by molar-refractivity contribution is 0.212. The van der Waals surface area contributed by atoms with Gasteiger partial charge in [-0.2, -0.15) is 0 Å². The summed E-state index contributed by atoms with van der Waals surface area (Å²) in [5.41, 5.74) is 1.46. The van der Waals surface area contributed by atoms with Crippen LogP contribution in [0.1, 0.15) is 59.4 Å². The lowest BCUT2D eigenvalue weighted by Gasteiger charge is -2.41. The van der Waals surface area contributed by atoms with Gasteiger partial charge in [-0.1, -0.05) is 63.9 Å². The molecule has 0 aromatic heterocycles. The molecule has 156 valence electrons. The van der Waals surface area contributed by atoms with Gasteiger partial charge in [-0.05, 0) is 56.6 Å². The first kappa shape index (κ1) is 24.6. The van der Waals surface area contributed by atoms with Gasteiger partial charge in [0, 0.05) is 19.8 Å². The highest BCUT2D eigenvalue weighted by molar-refractivity contribution is 6.77. The smallest absolute Gasteiger partial charge is 0.321 e. The molecule has 1 aromatic carbocycles. The molecule has 0 aliphatic heterocycles. The van der Waals surface area contributed by atoms with Gasteiger partial charge >= 0.3 is 9.28 Å². The van der Waals surface area contributed by atoms with Crippen molar-refractivity contribution in [2.24, 2.45) is 0 Å². The summed E-state index contributed by atoms with van der Waals surface area (Å²) in [5, 5.41) is 0. The molecule has 5 heteroatoms. The zero-order valence-corrected chi connectivity index (χ0v) is 20.7. The maximum Gasteiger partial charge on any atom is 0.321 e. The summed E-state index contributed by atoms with van der Waals surface area (Å²) in [6, 6.07) is 16.3. The Kier molecular flexibility index (Phi) is 13.2. The molecule has 0 amide bonds. The first-order chi connectivity index (χ1) is 13.2. The predicted molar refractivity (Wildman–Crippen MR) is 123 cm³/mol. The fourth-order valence-corrected chi connectivity index (χ4v) is 9.87. The fourth-order valence-electron chi connectivity index (χ4n) is 4.09. The summed E-state index contributed by atoms with van der Waals surface area (Å²) in [4.78, 5) is 0. The van der Waals surface area contributed by atoms with Gasteiger partial charge in [0.1, 0.15) is 8.24 Å². The summed E-state index contributed by atoms with van der Waals surface area (Å²) >= 11 is 0. The Hall–Kier alpha value is -0.466. The molecule has 0 fully saturated rings. The van der Waals surface area contributed by atoms with Crippen LogP contribution in [0.25, 0.3) is 0 Å². The Morgan fingerprint density at radius 2 is 1.41 bits per heavy atom. The van der Waals surface area contributed by atoms with Gasteiger partial charge in [-0.3, -0.25) is 0 Å². The average Bonchev–Trinajstić information content (AvgIpc) is 2.70. The van der Waals surface area contributed by atoms with E-state index in [-0.39, 0.29) is 0 Å². The van der Waals surface area contributed by atoms with Gasteiger partial charge < -0.3 is 13.4 Å². The zero-order valence-electron chi connectivity index (χ0n) is 18.5. The van der Waals surface area contributed by atoms with Crippen molar-refractivity contribution in [3.8, 4) is 0 Å². The third-order valence-corrected chi connectivity index (χ3v) is 13.9. The first-order valence-corrected chi connectivity index (χ1v) is 15.5. The van der Waals surface area contributed by atoms with Crippen LogP contribution in [-0.4, -0.2) is 41.8 Å². The second kappa shape index (κ2) is 14.5. The van der Waals surface area contributed by atoms with Gasteiger partial charge in [0.2, 0.25) is 0 Å². The molecular weight excluding hydrogens is 366 g/mol. The van der Waals surface area contributed by atoms with Gasteiger partial charge in [0.15, 0.2) is 0 Å².